The Labute approximate surface area is 106 Å². The third-order valence-corrected chi connectivity index (χ3v) is 4.03. The average Bonchev–Trinajstić information content (AvgIpc) is 2.57. The second-order valence-corrected chi connectivity index (χ2v) is 6.02. The Balaban J connectivity index is 2.50. The molecule has 4 N–H and O–H groups in total. The molecule has 5 nitrogen and oxygen atoms in total. The number of carbonyl (C=O) groups is 1. The third-order valence-electron chi connectivity index (χ3n) is 3.12. The first-order chi connectivity index (χ1) is 7.82. The summed E-state index contributed by atoms with van der Waals surface area (Å²) in [6, 6.07) is -0.284. The fourth-order valence-corrected chi connectivity index (χ4v) is 2.48. The van der Waals surface area contributed by atoms with Crippen LogP contribution < -0.4 is 11.1 Å². The predicted molar refractivity (Wildman–Crippen MR) is 68.9 cm³/mol. The summed E-state index contributed by atoms with van der Waals surface area (Å²) in [6.07, 6.45) is 1.92. The van der Waals surface area contributed by atoms with Crippen LogP contribution >= 0.6 is 11.8 Å². The normalized spacial score (nSPS) is 32.2. The number of thioether (sulfide) groups is 1. The topological polar surface area (TPSA) is 84.6 Å². The first-order valence-electron chi connectivity index (χ1n) is 5.65. The summed E-state index contributed by atoms with van der Waals surface area (Å²) in [5.74, 6) is 0.427. The molecule has 0 radical (unpaired) electrons. The standard InChI is InChI=1S/C11H22N2O3S/c1-10(15,7-17-3)5-13-9(14)11(2)6-16-4-8(11)12/h8,15H,4-7,12H2,1-3H3,(H,13,14). The van der Waals surface area contributed by atoms with Crippen LogP contribution in [0.1, 0.15) is 13.8 Å². The molecule has 3 unspecified atom stereocenters. The van der Waals surface area contributed by atoms with Gasteiger partial charge in [-0.05, 0) is 20.1 Å². The minimum absolute atomic E-state index is 0.149. The van der Waals surface area contributed by atoms with Crippen LogP contribution in [-0.4, -0.2) is 54.4 Å². The molecular weight excluding hydrogens is 240 g/mol. The zero-order valence-electron chi connectivity index (χ0n) is 10.7. The number of amides is 1. The first kappa shape index (κ1) is 14.8. The van der Waals surface area contributed by atoms with Crippen molar-refractivity contribution >= 4 is 17.7 Å². The van der Waals surface area contributed by atoms with E-state index in [4.69, 9.17) is 10.5 Å². The van der Waals surface area contributed by atoms with Gasteiger partial charge in [-0.25, -0.2) is 0 Å². The van der Waals surface area contributed by atoms with Gasteiger partial charge >= 0.3 is 0 Å². The van der Waals surface area contributed by atoms with Crippen molar-refractivity contribution in [3.8, 4) is 0 Å². The molecule has 1 fully saturated rings. The molecule has 3 atom stereocenters. The van der Waals surface area contributed by atoms with Gasteiger partial charge in [0.15, 0.2) is 0 Å². The van der Waals surface area contributed by atoms with E-state index in [1.54, 1.807) is 25.6 Å². The van der Waals surface area contributed by atoms with Gasteiger partial charge in [0.2, 0.25) is 5.91 Å². The predicted octanol–water partition coefficient (Wildman–Crippen LogP) is -0.420. The number of hydrogen-bond donors (Lipinski definition) is 3. The van der Waals surface area contributed by atoms with Gasteiger partial charge in [0.05, 0.1) is 24.2 Å². The molecule has 0 spiro atoms. The fourth-order valence-electron chi connectivity index (χ4n) is 1.76. The second kappa shape index (κ2) is 5.56. The van der Waals surface area contributed by atoms with Crippen LogP contribution in [0.5, 0.6) is 0 Å². The van der Waals surface area contributed by atoms with Gasteiger partial charge in [-0.2, -0.15) is 11.8 Å². The molecule has 17 heavy (non-hydrogen) atoms. The molecule has 0 aromatic heterocycles. The van der Waals surface area contributed by atoms with E-state index >= 15 is 0 Å². The Morgan fingerprint density at radius 1 is 1.76 bits per heavy atom. The van der Waals surface area contributed by atoms with Crippen molar-refractivity contribution in [2.75, 3.05) is 31.8 Å². The van der Waals surface area contributed by atoms with Gasteiger partial charge in [-0.1, -0.05) is 0 Å². The highest BCUT2D eigenvalue weighted by Gasteiger charge is 2.44. The van der Waals surface area contributed by atoms with E-state index in [0.29, 0.717) is 19.0 Å². The van der Waals surface area contributed by atoms with Crippen molar-refractivity contribution in [2.45, 2.75) is 25.5 Å². The van der Waals surface area contributed by atoms with Gasteiger partial charge in [0.1, 0.15) is 0 Å². The Bertz CT molecular complexity index is 286. The van der Waals surface area contributed by atoms with Gasteiger partial charge in [0, 0.05) is 18.3 Å². The van der Waals surface area contributed by atoms with Crippen LogP contribution in [0.25, 0.3) is 0 Å². The quantitative estimate of drug-likeness (QED) is 0.627. The molecular formula is C11H22N2O3S. The van der Waals surface area contributed by atoms with Crippen LogP contribution in [0.2, 0.25) is 0 Å². The number of hydrogen-bond acceptors (Lipinski definition) is 5. The molecule has 1 amide bonds. The van der Waals surface area contributed by atoms with Gasteiger partial charge < -0.3 is 20.9 Å². The summed E-state index contributed by atoms with van der Waals surface area (Å²) in [7, 11) is 0. The molecule has 1 aliphatic rings. The number of carbonyl (C=O) groups excluding carboxylic acids is 1. The van der Waals surface area contributed by atoms with Crippen molar-refractivity contribution in [1.29, 1.82) is 0 Å². The highest BCUT2D eigenvalue weighted by Crippen LogP contribution is 2.27. The average molecular weight is 262 g/mol. The lowest BCUT2D eigenvalue weighted by Gasteiger charge is -2.28. The number of ether oxygens (including phenoxy) is 1. The summed E-state index contributed by atoms with van der Waals surface area (Å²) in [5, 5.41) is 12.7. The van der Waals surface area contributed by atoms with Gasteiger partial charge in [-0.15, -0.1) is 0 Å². The molecule has 1 rings (SSSR count). The third kappa shape index (κ3) is 3.58. The molecule has 1 heterocycles. The Morgan fingerprint density at radius 3 is 2.88 bits per heavy atom. The molecule has 6 heteroatoms. The van der Waals surface area contributed by atoms with E-state index in [1.165, 1.54) is 0 Å². The molecule has 100 valence electrons. The Kier molecular flexibility index (Phi) is 4.83. The maximum Gasteiger partial charge on any atom is 0.230 e. The SMILES string of the molecule is CSCC(C)(O)CNC(=O)C1(C)COCC1N. The van der Waals surface area contributed by atoms with E-state index < -0.39 is 11.0 Å². The Hall–Kier alpha value is -0.300. The van der Waals surface area contributed by atoms with Gasteiger partial charge in [0.25, 0.3) is 0 Å². The van der Waals surface area contributed by atoms with Crippen molar-refractivity contribution in [3.63, 3.8) is 0 Å². The van der Waals surface area contributed by atoms with E-state index in [9.17, 15) is 9.90 Å². The molecule has 0 aromatic carbocycles. The smallest absolute Gasteiger partial charge is 0.230 e. The lowest BCUT2D eigenvalue weighted by molar-refractivity contribution is -0.131. The highest BCUT2D eigenvalue weighted by atomic mass is 32.2. The van der Waals surface area contributed by atoms with Crippen LogP contribution in [0.4, 0.5) is 0 Å². The number of nitrogens with one attached hydrogen (secondary N) is 1. The number of rotatable bonds is 5. The first-order valence-corrected chi connectivity index (χ1v) is 7.04. The minimum atomic E-state index is -0.894. The van der Waals surface area contributed by atoms with Crippen LogP contribution in [0.15, 0.2) is 0 Å². The maximum atomic E-state index is 12.0. The fraction of sp³-hybridized carbons (Fsp3) is 0.909. The largest absolute Gasteiger partial charge is 0.387 e. The summed E-state index contributed by atoms with van der Waals surface area (Å²) < 4.78 is 5.22. The van der Waals surface area contributed by atoms with Gasteiger partial charge in [-0.3, -0.25) is 4.79 Å². The van der Waals surface area contributed by atoms with Crippen LogP contribution in [-0.2, 0) is 9.53 Å². The number of nitrogens with two attached hydrogens (primary N) is 1. The van der Waals surface area contributed by atoms with E-state index in [1.807, 2.05) is 6.26 Å². The summed E-state index contributed by atoms with van der Waals surface area (Å²) in [4.78, 5) is 12.0. The van der Waals surface area contributed by atoms with Crippen LogP contribution in [0.3, 0.4) is 0 Å². The molecule has 0 aliphatic carbocycles. The summed E-state index contributed by atoms with van der Waals surface area (Å²) in [5.41, 5.74) is 4.28. The molecule has 0 saturated carbocycles. The maximum absolute atomic E-state index is 12.0. The van der Waals surface area contributed by atoms with Crippen molar-refractivity contribution in [1.82, 2.24) is 5.32 Å². The molecule has 0 aromatic rings. The van der Waals surface area contributed by atoms with E-state index in [-0.39, 0.29) is 18.5 Å². The monoisotopic (exact) mass is 262 g/mol. The highest BCUT2D eigenvalue weighted by molar-refractivity contribution is 7.98. The lowest BCUT2D eigenvalue weighted by Crippen LogP contribution is -2.53. The zero-order valence-corrected chi connectivity index (χ0v) is 11.5. The van der Waals surface area contributed by atoms with E-state index in [2.05, 4.69) is 5.32 Å². The molecule has 1 saturated heterocycles. The zero-order chi connectivity index (χ0) is 13.1. The summed E-state index contributed by atoms with van der Waals surface area (Å²) in [6.45, 7) is 4.48. The van der Waals surface area contributed by atoms with Crippen LogP contribution in [0, 0.1) is 5.41 Å². The number of aliphatic hydroxyl groups is 1. The lowest BCUT2D eigenvalue weighted by atomic mass is 9.84. The Morgan fingerprint density at radius 2 is 2.41 bits per heavy atom. The van der Waals surface area contributed by atoms with Crippen molar-refractivity contribution in [3.05, 3.63) is 0 Å². The second-order valence-electron chi connectivity index (χ2n) is 5.15. The van der Waals surface area contributed by atoms with Crippen molar-refractivity contribution < 1.29 is 14.6 Å². The van der Waals surface area contributed by atoms with Crippen molar-refractivity contribution in [2.24, 2.45) is 11.1 Å². The van der Waals surface area contributed by atoms with E-state index in [0.717, 1.165) is 0 Å². The molecule has 1 aliphatic heterocycles. The summed E-state index contributed by atoms with van der Waals surface area (Å²) >= 11 is 1.54. The molecule has 0 bridgehead atoms. The minimum Gasteiger partial charge on any atom is -0.387 e.